The van der Waals surface area contributed by atoms with Crippen LogP contribution in [0.15, 0.2) is 82.5 Å². The number of nitrogens with zero attached hydrogens (tertiary/aromatic N) is 2. The van der Waals surface area contributed by atoms with E-state index in [4.69, 9.17) is 21.0 Å². The number of aliphatic hydroxyl groups excluding tert-OH is 1. The molecule has 6 rings (SSSR count). The summed E-state index contributed by atoms with van der Waals surface area (Å²) in [6.07, 6.45) is 0.876. The van der Waals surface area contributed by atoms with Gasteiger partial charge in [0.25, 0.3) is 5.91 Å². The molecule has 5 aromatic rings. The number of fused-ring (bicyclic) bond motifs is 2. The van der Waals surface area contributed by atoms with Crippen LogP contribution in [0.3, 0.4) is 0 Å². The van der Waals surface area contributed by atoms with Gasteiger partial charge in [0, 0.05) is 10.4 Å². The topological polar surface area (TPSA) is 83.6 Å². The van der Waals surface area contributed by atoms with Gasteiger partial charge in [-0.15, -0.1) is 0 Å². The summed E-state index contributed by atoms with van der Waals surface area (Å²) in [5.74, 6) is -1.84. The predicted molar refractivity (Wildman–Crippen MR) is 146 cm³/mol. The molecular formula is C29H21ClN2O4S. The normalized spacial score (nSPS) is 15.9. The molecule has 1 aliphatic heterocycles. The molecule has 1 unspecified atom stereocenters. The second kappa shape index (κ2) is 8.87. The molecule has 0 spiro atoms. The van der Waals surface area contributed by atoms with Crippen molar-refractivity contribution in [3.05, 3.63) is 106 Å². The van der Waals surface area contributed by atoms with Crippen molar-refractivity contribution in [3.63, 3.8) is 0 Å². The van der Waals surface area contributed by atoms with Crippen LogP contribution in [0.1, 0.15) is 40.2 Å². The highest BCUT2D eigenvalue weighted by molar-refractivity contribution is 7.22. The lowest BCUT2D eigenvalue weighted by Gasteiger charge is -2.24. The number of thiazole rings is 1. The molecule has 1 amide bonds. The molecule has 0 fully saturated rings. The van der Waals surface area contributed by atoms with E-state index in [1.807, 2.05) is 43.3 Å². The third-order valence-corrected chi connectivity index (χ3v) is 7.82. The summed E-state index contributed by atoms with van der Waals surface area (Å²) in [7, 11) is 0. The molecule has 1 aliphatic rings. The number of anilines is 1. The number of hydrogen-bond donors (Lipinski definition) is 1. The molecule has 3 heterocycles. The van der Waals surface area contributed by atoms with Crippen LogP contribution in [0.25, 0.3) is 21.2 Å². The second-order valence-electron chi connectivity index (χ2n) is 9.03. The molecule has 0 aliphatic carbocycles. The van der Waals surface area contributed by atoms with E-state index in [0.29, 0.717) is 26.7 Å². The summed E-state index contributed by atoms with van der Waals surface area (Å²) in [6.45, 7) is 4.01. The van der Waals surface area contributed by atoms with Gasteiger partial charge in [0.15, 0.2) is 16.7 Å². The van der Waals surface area contributed by atoms with Crippen LogP contribution in [0, 0.1) is 6.92 Å². The van der Waals surface area contributed by atoms with Crippen molar-refractivity contribution in [1.29, 1.82) is 0 Å². The van der Waals surface area contributed by atoms with Gasteiger partial charge < -0.3 is 9.52 Å². The smallest absolute Gasteiger partial charge is 0.296 e. The van der Waals surface area contributed by atoms with Crippen molar-refractivity contribution in [3.8, 4) is 0 Å². The zero-order chi connectivity index (χ0) is 25.8. The van der Waals surface area contributed by atoms with Crippen LogP contribution in [0.2, 0.25) is 5.02 Å². The minimum atomic E-state index is -0.872. The molecule has 1 N–H and O–H groups in total. The number of benzene rings is 3. The monoisotopic (exact) mass is 528 g/mol. The van der Waals surface area contributed by atoms with E-state index in [0.717, 1.165) is 27.8 Å². The number of furan rings is 1. The quantitative estimate of drug-likeness (QED) is 0.241. The maximum Gasteiger partial charge on any atom is 0.296 e. The van der Waals surface area contributed by atoms with E-state index >= 15 is 0 Å². The molecule has 1 atom stereocenters. The van der Waals surface area contributed by atoms with E-state index in [1.54, 1.807) is 24.3 Å². The highest BCUT2D eigenvalue weighted by atomic mass is 35.5. The van der Waals surface area contributed by atoms with E-state index in [1.165, 1.54) is 16.2 Å². The maximum atomic E-state index is 13.8. The van der Waals surface area contributed by atoms with Gasteiger partial charge in [0.05, 0.1) is 21.8 Å². The molecule has 2 aromatic heterocycles. The highest BCUT2D eigenvalue weighted by Crippen LogP contribution is 2.44. The zero-order valence-corrected chi connectivity index (χ0v) is 21.6. The summed E-state index contributed by atoms with van der Waals surface area (Å²) in [6, 6.07) is 19.3. The Labute approximate surface area is 221 Å². The van der Waals surface area contributed by atoms with Crippen LogP contribution < -0.4 is 4.90 Å². The van der Waals surface area contributed by atoms with Crippen LogP contribution in [-0.2, 0) is 11.2 Å². The van der Waals surface area contributed by atoms with E-state index in [-0.39, 0.29) is 11.3 Å². The first kappa shape index (κ1) is 23.5. The Bertz CT molecular complexity index is 1770. The molecule has 8 heteroatoms. The molecule has 3 aromatic carbocycles. The predicted octanol–water partition coefficient (Wildman–Crippen LogP) is 7.35. The first-order valence-corrected chi connectivity index (χ1v) is 13.0. The van der Waals surface area contributed by atoms with Gasteiger partial charge in [-0.3, -0.25) is 14.5 Å². The Morgan fingerprint density at radius 2 is 1.97 bits per heavy atom. The summed E-state index contributed by atoms with van der Waals surface area (Å²) in [5.41, 5.74) is 3.99. The van der Waals surface area contributed by atoms with Crippen LogP contribution in [-0.4, -0.2) is 21.8 Å². The summed E-state index contributed by atoms with van der Waals surface area (Å²) < 4.78 is 6.74. The molecule has 0 saturated heterocycles. The Kier molecular flexibility index (Phi) is 5.62. The van der Waals surface area contributed by atoms with Crippen molar-refractivity contribution < 1.29 is 19.1 Å². The van der Waals surface area contributed by atoms with Gasteiger partial charge in [0.2, 0.25) is 5.78 Å². The molecule has 37 heavy (non-hydrogen) atoms. The van der Waals surface area contributed by atoms with Crippen molar-refractivity contribution in [2.45, 2.75) is 26.3 Å². The van der Waals surface area contributed by atoms with Crippen LogP contribution in [0.5, 0.6) is 0 Å². The standard InChI is InChI=1S/C29H21ClN2O4S/c1-3-16-7-9-20-23(12-16)37-29(31-20)32-25(17-6-4-5-15(2)11-17)24(27(34)28(32)35)26(33)22-14-18-13-19(30)8-10-21(18)36-22/h4-14,25,34H,3H2,1-2H3. The zero-order valence-electron chi connectivity index (χ0n) is 20.0. The van der Waals surface area contributed by atoms with Gasteiger partial charge in [-0.2, -0.15) is 0 Å². The SMILES string of the molecule is CCc1ccc2nc(N3C(=O)C(O)=C(C(=O)c4cc5cc(Cl)ccc5o4)C3c3cccc(C)c3)sc2c1. The lowest BCUT2D eigenvalue weighted by molar-refractivity contribution is -0.117. The summed E-state index contributed by atoms with van der Waals surface area (Å²) in [4.78, 5) is 33.5. The van der Waals surface area contributed by atoms with Crippen molar-refractivity contribution in [1.82, 2.24) is 4.98 Å². The number of ketones is 1. The Balaban J connectivity index is 1.50. The number of aromatic nitrogens is 1. The van der Waals surface area contributed by atoms with E-state index < -0.39 is 23.5 Å². The Morgan fingerprint density at radius 3 is 2.76 bits per heavy atom. The number of aryl methyl sites for hydroxylation is 2. The van der Waals surface area contributed by atoms with Gasteiger partial charge in [-0.1, -0.05) is 65.8 Å². The number of Topliss-reactive ketones (excluding diaryl/α,β-unsaturated/α-hetero) is 1. The third kappa shape index (κ3) is 3.91. The molecule has 6 nitrogen and oxygen atoms in total. The van der Waals surface area contributed by atoms with Crippen LogP contribution in [0.4, 0.5) is 5.13 Å². The van der Waals surface area contributed by atoms with E-state index in [2.05, 4.69) is 13.0 Å². The van der Waals surface area contributed by atoms with Crippen molar-refractivity contribution >= 4 is 60.9 Å². The lowest BCUT2D eigenvalue weighted by atomic mass is 9.94. The fourth-order valence-electron chi connectivity index (χ4n) is 4.73. The third-order valence-electron chi connectivity index (χ3n) is 6.57. The first-order valence-electron chi connectivity index (χ1n) is 11.8. The first-order chi connectivity index (χ1) is 17.8. The van der Waals surface area contributed by atoms with Gasteiger partial charge >= 0.3 is 0 Å². The Hall–Kier alpha value is -3.94. The number of amides is 1. The largest absolute Gasteiger partial charge is 0.503 e. The van der Waals surface area contributed by atoms with Gasteiger partial charge in [-0.05, 0) is 60.9 Å². The van der Waals surface area contributed by atoms with Gasteiger partial charge in [0.1, 0.15) is 5.58 Å². The highest BCUT2D eigenvalue weighted by Gasteiger charge is 2.46. The average molecular weight is 529 g/mol. The Morgan fingerprint density at radius 1 is 1.14 bits per heavy atom. The molecular weight excluding hydrogens is 508 g/mol. The van der Waals surface area contributed by atoms with Crippen molar-refractivity contribution in [2.24, 2.45) is 0 Å². The molecule has 0 radical (unpaired) electrons. The number of carbonyl (C=O) groups excluding carboxylic acids is 2. The number of halogens is 1. The minimum absolute atomic E-state index is 0.0167. The molecule has 184 valence electrons. The van der Waals surface area contributed by atoms with Crippen molar-refractivity contribution in [2.75, 3.05) is 4.90 Å². The average Bonchev–Trinajstić information content (AvgIpc) is 3.57. The summed E-state index contributed by atoms with van der Waals surface area (Å²) in [5, 5.41) is 12.7. The molecule has 0 saturated carbocycles. The van der Waals surface area contributed by atoms with E-state index in [9.17, 15) is 14.7 Å². The minimum Gasteiger partial charge on any atom is -0.503 e. The van der Waals surface area contributed by atoms with Crippen LogP contribution >= 0.6 is 22.9 Å². The number of aliphatic hydroxyl groups is 1. The number of hydrogen-bond acceptors (Lipinski definition) is 6. The summed E-state index contributed by atoms with van der Waals surface area (Å²) >= 11 is 7.46. The second-order valence-corrected chi connectivity index (χ2v) is 10.5. The number of rotatable bonds is 5. The maximum absolute atomic E-state index is 13.8. The molecule has 0 bridgehead atoms. The number of carbonyl (C=O) groups is 2. The fraction of sp³-hybridized carbons (Fsp3) is 0.138. The lowest BCUT2D eigenvalue weighted by Crippen LogP contribution is -2.31. The van der Waals surface area contributed by atoms with Gasteiger partial charge in [-0.25, -0.2) is 4.98 Å². The fourth-order valence-corrected chi connectivity index (χ4v) is 5.97.